The Kier molecular flexibility index (Phi) is 6.18. The molecular weight excluding hydrogens is 352 g/mol. The molecule has 0 aliphatic carbocycles. The van der Waals surface area contributed by atoms with E-state index in [1.165, 1.54) is 16.8 Å². The summed E-state index contributed by atoms with van der Waals surface area (Å²) in [6.45, 7) is 6.39. The number of amides is 1. The Morgan fingerprint density at radius 3 is 2.79 bits per heavy atom. The van der Waals surface area contributed by atoms with Crippen LogP contribution in [-0.2, 0) is 4.79 Å². The van der Waals surface area contributed by atoms with E-state index in [1.807, 2.05) is 37.3 Å². The van der Waals surface area contributed by atoms with Crippen molar-refractivity contribution in [2.45, 2.75) is 32.2 Å². The molecule has 1 aliphatic heterocycles. The topological polar surface area (TPSA) is 78.6 Å². The predicted octanol–water partition coefficient (Wildman–Crippen LogP) is 3.94. The van der Waals surface area contributed by atoms with Crippen molar-refractivity contribution in [3.8, 4) is 11.9 Å². The summed E-state index contributed by atoms with van der Waals surface area (Å²) in [6.07, 6.45) is 5.10. The molecule has 0 N–H and O–H groups in total. The fourth-order valence-electron chi connectivity index (χ4n) is 2.94. The van der Waals surface area contributed by atoms with Crippen LogP contribution in [-0.4, -0.2) is 28.7 Å². The summed E-state index contributed by atoms with van der Waals surface area (Å²) >= 11 is 0. The van der Waals surface area contributed by atoms with Crippen LogP contribution >= 0.6 is 0 Å². The Morgan fingerprint density at radius 1 is 1.32 bits per heavy atom. The van der Waals surface area contributed by atoms with Crippen molar-refractivity contribution in [1.29, 1.82) is 5.26 Å². The van der Waals surface area contributed by atoms with Crippen molar-refractivity contribution >= 4 is 12.1 Å². The van der Waals surface area contributed by atoms with Crippen molar-refractivity contribution in [2.24, 2.45) is 5.10 Å². The molecule has 28 heavy (non-hydrogen) atoms. The van der Waals surface area contributed by atoms with E-state index < -0.39 is 0 Å². The van der Waals surface area contributed by atoms with Crippen molar-refractivity contribution in [3.63, 3.8) is 0 Å². The molecule has 1 aliphatic rings. The minimum Gasteiger partial charge on any atom is -0.478 e. The van der Waals surface area contributed by atoms with E-state index in [0.29, 0.717) is 42.9 Å². The van der Waals surface area contributed by atoms with Crippen LogP contribution in [0.4, 0.5) is 0 Å². The first-order chi connectivity index (χ1) is 13.6. The van der Waals surface area contributed by atoms with E-state index in [0.717, 1.165) is 5.56 Å². The van der Waals surface area contributed by atoms with E-state index in [9.17, 15) is 4.79 Å². The van der Waals surface area contributed by atoms with Gasteiger partial charge in [0.15, 0.2) is 0 Å². The zero-order valence-corrected chi connectivity index (χ0v) is 15.8. The van der Waals surface area contributed by atoms with E-state index >= 15 is 0 Å². The van der Waals surface area contributed by atoms with E-state index in [-0.39, 0.29) is 11.9 Å². The molecule has 3 rings (SSSR count). The SMILES string of the molecule is C=C(CCCOc1ccc(C#N)cn1)C(=O)N1N=CCC1c1ccc(C)cc1. The Hall–Kier alpha value is -3.46. The predicted molar refractivity (Wildman–Crippen MR) is 107 cm³/mol. The number of ether oxygens (including phenoxy) is 1. The van der Waals surface area contributed by atoms with Crippen molar-refractivity contribution in [3.05, 3.63) is 71.4 Å². The molecule has 0 bridgehead atoms. The number of hydrogen-bond donors (Lipinski definition) is 0. The van der Waals surface area contributed by atoms with Crippen molar-refractivity contribution in [2.75, 3.05) is 6.61 Å². The summed E-state index contributed by atoms with van der Waals surface area (Å²) in [7, 11) is 0. The maximum atomic E-state index is 12.8. The number of hydrogen-bond acceptors (Lipinski definition) is 5. The molecule has 0 saturated heterocycles. The van der Waals surface area contributed by atoms with Gasteiger partial charge in [0.25, 0.3) is 5.91 Å². The van der Waals surface area contributed by atoms with E-state index in [2.05, 4.69) is 16.7 Å². The largest absolute Gasteiger partial charge is 0.478 e. The first-order valence-corrected chi connectivity index (χ1v) is 9.18. The van der Waals surface area contributed by atoms with Gasteiger partial charge in [0.1, 0.15) is 6.07 Å². The first-order valence-electron chi connectivity index (χ1n) is 9.18. The monoisotopic (exact) mass is 374 g/mol. The zero-order chi connectivity index (χ0) is 19.9. The molecule has 2 heterocycles. The number of aromatic nitrogens is 1. The highest BCUT2D eigenvalue weighted by atomic mass is 16.5. The lowest BCUT2D eigenvalue weighted by Crippen LogP contribution is -2.28. The number of benzene rings is 1. The van der Waals surface area contributed by atoms with Gasteiger partial charge in [-0.2, -0.15) is 10.4 Å². The van der Waals surface area contributed by atoms with Gasteiger partial charge < -0.3 is 4.74 Å². The average molecular weight is 374 g/mol. The molecule has 1 amide bonds. The van der Waals surface area contributed by atoms with Crippen LogP contribution in [0.5, 0.6) is 5.88 Å². The molecule has 1 aromatic carbocycles. The number of nitriles is 1. The lowest BCUT2D eigenvalue weighted by Gasteiger charge is -2.23. The van der Waals surface area contributed by atoms with Crippen LogP contribution in [0.3, 0.4) is 0 Å². The lowest BCUT2D eigenvalue weighted by molar-refractivity contribution is -0.129. The van der Waals surface area contributed by atoms with Crippen molar-refractivity contribution in [1.82, 2.24) is 9.99 Å². The molecule has 1 atom stereocenters. The third-order valence-corrected chi connectivity index (χ3v) is 4.54. The lowest BCUT2D eigenvalue weighted by atomic mass is 10.0. The molecule has 0 radical (unpaired) electrons. The Morgan fingerprint density at radius 2 is 2.11 bits per heavy atom. The molecule has 0 saturated carbocycles. The zero-order valence-electron chi connectivity index (χ0n) is 15.8. The number of carbonyl (C=O) groups is 1. The number of rotatable bonds is 7. The third-order valence-electron chi connectivity index (χ3n) is 4.54. The smallest absolute Gasteiger partial charge is 0.269 e. The average Bonchev–Trinajstić information content (AvgIpc) is 3.21. The molecule has 2 aromatic rings. The van der Waals surface area contributed by atoms with Crippen LogP contribution in [0.2, 0.25) is 0 Å². The van der Waals surface area contributed by atoms with Gasteiger partial charge in [0, 0.05) is 30.5 Å². The molecular formula is C22H22N4O2. The summed E-state index contributed by atoms with van der Waals surface area (Å²) in [5, 5.41) is 14.5. The van der Waals surface area contributed by atoms with Gasteiger partial charge >= 0.3 is 0 Å². The van der Waals surface area contributed by atoms with E-state index in [1.54, 1.807) is 18.3 Å². The number of hydrazone groups is 1. The standard InChI is InChI=1S/C22H22N4O2/c1-16-5-8-19(9-6-16)20-11-12-25-26(20)22(27)17(2)4-3-13-28-21-10-7-18(14-23)15-24-21/h5-10,12,15,20H,2-4,11,13H2,1H3. The number of carbonyl (C=O) groups excluding carboxylic acids is 1. The maximum Gasteiger partial charge on any atom is 0.269 e. The Labute approximate surface area is 164 Å². The molecule has 0 spiro atoms. The summed E-state index contributed by atoms with van der Waals surface area (Å²) in [5.41, 5.74) is 3.24. The van der Waals surface area contributed by atoms with Gasteiger partial charge in [-0.15, -0.1) is 0 Å². The normalized spacial score (nSPS) is 15.3. The van der Waals surface area contributed by atoms with Gasteiger partial charge in [-0.1, -0.05) is 36.4 Å². The second-order valence-electron chi connectivity index (χ2n) is 6.66. The fraction of sp³-hybridized carbons (Fsp3) is 0.273. The maximum absolute atomic E-state index is 12.8. The molecule has 6 nitrogen and oxygen atoms in total. The highest BCUT2D eigenvalue weighted by molar-refractivity contribution is 5.94. The van der Waals surface area contributed by atoms with Crippen molar-refractivity contribution < 1.29 is 9.53 Å². The van der Waals surface area contributed by atoms with Gasteiger partial charge in [0.05, 0.1) is 18.2 Å². The number of pyridine rings is 1. The van der Waals surface area contributed by atoms with Crippen LogP contribution in [0.25, 0.3) is 0 Å². The third kappa shape index (κ3) is 4.63. The first kappa shape index (κ1) is 19.3. The molecule has 142 valence electrons. The number of nitrogens with zero attached hydrogens (tertiary/aromatic N) is 4. The molecule has 1 unspecified atom stereocenters. The van der Waals surface area contributed by atoms with Crippen LogP contribution in [0, 0.1) is 18.3 Å². The van der Waals surface area contributed by atoms with Crippen LogP contribution in [0.15, 0.2) is 59.8 Å². The molecule has 6 heteroatoms. The minimum atomic E-state index is -0.157. The number of aryl methyl sites for hydroxylation is 1. The van der Waals surface area contributed by atoms with Gasteiger partial charge in [-0.05, 0) is 31.4 Å². The summed E-state index contributed by atoms with van der Waals surface area (Å²) in [4.78, 5) is 16.8. The van der Waals surface area contributed by atoms with Gasteiger partial charge in [-0.3, -0.25) is 4.79 Å². The Balaban J connectivity index is 1.49. The quantitative estimate of drug-likeness (QED) is 0.543. The van der Waals surface area contributed by atoms with Gasteiger partial charge in [0.2, 0.25) is 5.88 Å². The second-order valence-corrected chi connectivity index (χ2v) is 6.66. The summed E-state index contributed by atoms with van der Waals surface area (Å²) in [5.74, 6) is 0.301. The Bertz CT molecular complexity index is 911. The molecule has 1 aromatic heterocycles. The highest BCUT2D eigenvalue weighted by Gasteiger charge is 2.29. The fourth-order valence-corrected chi connectivity index (χ4v) is 2.94. The summed E-state index contributed by atoms with van der Waals surface area (Å²) < 4.78 is 5.55. The second kappa shape index (κ2) is 8.96. The molecule has 0 fully saturated rings. The minimum absolute atomic E-state index is 0.0797. The summed E-state index contributed by atoms with van der Waals surface area (Å²) in [6, 6.07) is 13.4. The highest BCUT2D eigenvalue weighted by Crippen LogP contribution is 2.30. The van der Waals surface area contributed by atoms with Crippen LogP contribution < -0.4 is 4.74 Å². The van der Waals surface area contributed by atoms with E-state index in [4.69, 9.17) is 10.00 Å². The van der Waals surface area contributed by atoms with Gasteiger partial charge in [-0.25, -0.2) is 9.99 Å². The van der Waals surface area contributed by atoms with Crippen LogP contribution in [0.1, 0.15) is 42.0 Å².